The zero-order valence-corrected chi connectivity index (χ0v) is 8.34. The smallest absolute Gasteiger partial charge is 0.0462 e. The van der Waals surface area contributed by atoms with E-state index in [0.29, 0.717) is 18.4 Å². The molecule has 78 valence electrons. The van der Waals surface area contributed by atoms with Crippen LogP contribution in [0.25, 0.3) is 0 Å². The van der Waals surface area contributed by atoms with E-state index in [1.54, 1.807) is 0 Å². The molecule has 2 atom stereocenters. The Morgan fingerprint density at radius 1 is 1.31 bits per heavy atom. The van der Waals surface area contributed by atoms with Crippen LogP contribution < -0.4 is 11.1 Å². The standard InChI is InChI=1S/C10H22N2O/c11-5-2-6-12-7-9-3-1-4-10(9)8-13/h9-10,12-13H,1-8,11H2. The first kappa shape index (κ1) is 11.0. The van der Waals surface area contributed by atoms with E-state index in [4.69, 9.17) is 10.8 Å². The van der Waals surface area contributed by atoms with Crippen molar-refractivity contribution < 1.29 is 5.11 Å². The highest BCUT2D eigenvalue weighted by Crippen LogP contribution is 2.30. The van der Waals surface area contributed by atoms with Crippen LogP contribution in [0.15, 0.2) is 0 Å². The maximum Gasteiger partial charge on any atom is 0.0462 e. The predicted molar refractivity (Wildman–Crippen MR) is 54.5 cm³/mol. The molecule has 1 aliphatic rings. The Morgan fingerprint density at radius 2 is 2.08 bits per heavy atom. The van der Waals surface area contributed by atoms with Gasteiger partial charge in [0.25, 0.3) is 0 Å². The Hall–Kier alpha value is -0.120. The first-order chi connectivity index (χ1) is 6.38. The minimum absolute atomic E-state index is 0.364. The van der Waals surface area contributed by atoms with Crippen molar-refractivity contribution >= 4 is 0 Å². The molecule has 0 radical (unpaired) electrons. The van der Waals surface area contributed by atoms with Crippen molar-refractivity contribution in [1.29, 1.82) is 0 Å². The van der Waals surface area contributed by atoms with Crippen LogP contribution in [0.3, 0.4) is 0 Å². The number of hydrogen-bond donors (Lipinski definition) is 3. The Bertz CT molecular complexity index is 130. The Kier molecular flexibility index (Phi) is 5.35. The van der Waals surface area contributed by atoms with Crippen molar-refractivity contribution in [3.63, 3.8) is 0 Å². The summed E-state index contributed by atoms with van der Waals surface area (Å²) in [5, 5.41) is 12.5. The van der Waals surface area contributed by atoms with Gasteiger partial charge in [-0.1, -0.05) is 6.42 Å². The molecule has 13 heavy (non-hydrogen) atoms. The highest BCUT2D eigenvalue weighted by atomic mass is 16.3. The van der Waals surface area contributed by atoms with E-state index in [9.17, 15) is 0 Å². The Labute approximate surface area is 80.7 Å². The number of nitrogens with one attached hydrogen (secondary N) is 1. The fourth-order valence-corrected chi connectivity index (χ4v) is 2.14. The average molecular weight is 186 g/mol. The third kappa shape index (κ3) is 3.63. The summed E-state index contributed by atoms with van der Waals surface area (Å²) in [4.78, 5) is 0. The van der Waals surface area contributed by atoms with Crippen molar-refractivity contribution in [3.8, 4) is 0 Å². The van der Waals surface area contributed by atoms with Gasteiger partial charge in [-0.2, -0.15) is 0 Å². The van der Waals surface area contributed by atoms with E-state index in [1.807, 2.05) is 0 Å². The van der Waals surface area contributed by atoms with E-state index < -0.39 is 0 Å². The van der Waals surface area contributed by atoms with Gasteiger partial charge in [-0.25, -0.2) is 0 Å². The molecule has 0 spiro atoms. The van der Waals surface area contributed by atoms with Crippen LogP contribution >= 0.6 is 0 Å². The lowest BCUT2D eigenvalue weighted by molar-refractivity contribution is 0.192. The Balaban J connectivity index is 2.06. The van der Waals surface area contributed by atoms with Crippen LogP contribution in [-0.2, 0) is 0 Å². The fourth-order valence-electron chi connectivity index (χ4n) is 2.14. The molecule has 1 saturated carbocycles. The van der Waals surface area contributed by atoms with Crippen LogP contribution in [0.1, 0.15) is 25.7 Å². The number of aliphatic hydroxyl groups excluding tert-OH is 1. The van der Waals surface area contributed by atoms with Gasteiger partial charge < -0.3 is 16.2 Å². The molecule has 1 fully saturated rings. The van der Waals surface area contributed by atoms with Gasteiger partial charge in [0.15, 0.2) is 0 Å². The van der Waals surface area contributed by atoms with Gasteiger partial charge in [0, 0.05) is 6.61 Å². The maximum atomic E-state index is 9.09. The molecular formula is C10H22N2O. The second-order valence-corrected chi connectivity index (χ2v) is 3.98. The molecule has 0 aliphatic heterocycles. The third-order valence-corrected chi connectivity index (χ3v) is 3.02. The van der Waals surface area contributed by atoms with Gasteiger partial charge in [-0.05, 0) is 50.7 Å². The average Bonchev–Trinajstić information content (AvgIpc) is 2.60. The van der Waals surface area contributed by atoms with Crippen LogP contribution in [0.5, 0.6) is 0 Å². The highest BCUT2D eigenvalue weighted by molar-refractivity contribution is 4.78. The van der Waals surface area contributed by atoms with Crippen molar-refractivity contribution in [2.45, 2.75) is 25.7 Å². The van der Waals surface area contributed by atoms with Gasteiger partial charge in [0.1, 0.15) is 0 Å². The molecule has 0 heterocycles. The van der Waals surface area contributed by atoms with Gasteiger partial charge in [0.2, 0.25) is 0 Å². The zero-order chi connectivity index (χ0) is 9.52. The number of hydrogen-bond acceptors (Lipinski definition) is 3. The lowest BCUT2D eigenvalue weighted by Crippen LogP contribution is -2.28. The summed E-state index contributed by atoms with van der Waals surface area (Å²) in [5.41, 5.74) is 5.40. The molecule has 2 unspecified atom stereocenters. The van der Waals surface area contributed by atoms with E-state index in [0.717, 1.165) is 26.1 Å². The first-order valence-corrected chi connectivity index (χ1v) is 5.40. The normalized spacial score (nSPS) is 28.2. The summed E-state index contributed by atoms with van der Waals surface area (Å²) in [5.74, 6) is 1.24. The lowest BCUT2D eigenvalue weighted by atomic mass is 9.97. The Morgan fingerprint density at radius 3 is 2.77 bits per heavy atom. The minimum atomic E-state index is 0.364. The molecule has 1 aliphatic carbocycles. The lowest BCUT2D eigenvalue weighted by Gasteiger charge is -2.17. The molecule has 0 aromatic carbocycles. The van der Waals surface area contributed by atoms with Crippen LogP contribution in [0, 0.1) is 11.8 Å². The minimum Gasteiger partial charge on any atom is -0.396 e. The molecule has 0 bridgehead atoms. The largest absolute Gasteiger partial charge is 0.396 e. The highest BCUT2D eigenvalue weighted by Gasteiger charge is 2.25. The van der Waals surface area contributed by atoms with Crippen LogP contribution in [-0.4, -0.2) is 31.3 Å². The summed E-state index contributed by atoms with van der Waals surface area (Å²) >= 11 is 0. The van der Waals surface area contributed by atoms with Crippen molar-refractivity contribution in [2.75, 3.05) is 26.2 Å². The molecule has 3 heteroatoms. The molecule has 4 N–H and O–H groups in total. The molecule has 1 rings (SSSR count). The number of nitrogens with two attached hydrogens (primary N) is 1. The van der Waals surface area contributed by atoms with Gasteiger partial charge in [0.05, 0.1) is 0 Å². The molecule has 3 nitrogen and oxygen atoms in total. The zero-order valence-electron chi connectivity index (χ0n) is 8.34. The number of aliphatic hydroxyl groups is 1. The van der Waals surface area contributed by atoms with Crippen molar-refractivity contribution in [3.05, 3.63) is 0 Å². The third-order valence-electron chi connectivity index (χ3n) is 3.02. The maximum absolute atomic E-state index is 9.09. The van der Waals surface area contributed by atoms with Crippen LogP contribution in [0.4, 0.5) is 0 Å². The van der Waals surface area contributed by atoms with Gasteiger partial charge in [-0.3, -0.25) is 0 Å². The molecule has 0 aromatic rings. The molecular weight excluding hydrogens is 164 g/mol. The molecule has 0 aromatic heterocycles. The van der Waals surface area contributed by atoms with E-state index in [-0.39, 0.29) is 0 Å². The van der Waals surface area contributed by atoms with E-state index in [2.05, 4.69) is 5.32 Å². The summed E-state index contributed by atoms with van der Waals surface area (Å²) in [6.45, 7) is 3.21. The van der Waals surface area contributed by atoms with Crippen LogP contribution in [0.2, 0.25) is 0 Å². The first-order valence-electron chi connectivity index (χ1n) is 5.40. The summed E-state index contributed by atoms with van der Waals surface area (Å²) in [6, 6.07) is 0. The summed E-state index contributed by atoms with van der Waals surface area (Å²) in [7, 11) is 0. The second-order valence-electron chi connectivity index (χ2n) is 3.98. The monoisotopic (exact) mass is 186 g/mol. The van der Waals surface area contributed by atoms with Gasteiger partial charge >= 0.3 is 0 Å². The van der Waals surface area contributed by atoms with E-state index in [1.165, 1.54) is 19.3 Å². The van der Waals surface area contributed by atoms with Gasteiger partial charge in [-0.15, -0.1) is 0 Å². The van der Waals surface area contributed by atoms with E-state index >= 15 is 0 Å². The second kappa shape index (κ2) is 6.35. The quantitative estimate of drug-likeness (QED) is 0.524. The predicted octanol–water partition coefficient (Wildman–Crippen LogP) is 0.333. The van der Waals surface area contributed by atoms with Crippen molar-refractivity contribution in [1.82, 2.24) is 5.32 Å². The topological polar surface area (TPSA) is 58.3 Å². The summed E-state index contributed by atoms with van der Waals surface area (Å²) < 4.78 is 0. The summed E-state index contributed by atoms with van der Waals surface area (Å²) in [6.07, 6.45) is 4.82. The SMILES string of the molecule is NCCCNCC1CCCC1CO. The fraction of sp³-hybridized carbons (Fsp3) is 1.00. The molecule has 0 amide bonds. The number of rotatable bonds is 6. The van der Waals surface area contributed by atoms with Crippen molar-refractivity contribution in [2.24, 2.45) is 17.6 Å². The molecule has 0 saturated heterocycles.